The molecular formula is C34H40F2N4O5S. The second-order valence-electron chi connectivity index (χ2n) is 12.5. The van der Waals surface area contributed by atoms with Crippen molar-refractivity contribution in [3.8, 4) is 0 Å². The second kappa shape index (κ2) is 13.7. The van der Waals surface area contributed by atoms with Gasteiger partial charge in [0.1, 0.15) is 17.7 Å². The summed E-state index contributed by atoms with van der Waals surface area (Å²) in [6.07, 6.45) is 2.98. The minimum atomic E-state index is -2.93. The Labute approximate surface area is 268 Å². The standard InChI is InChI=1S/C34H40F2N4O5S/c35-25-14-12-24(13-15-25)31(23-10-8-22(9-11-23)21-6-7-21)32(39-34(42)43)33(41)38-30-5-1-4-29(36)28(30)17-16-27-19-37-26-3-2-18-46(44,45)40(27)20-26/h1,4-5,8-15,21,26-27,31-32,37,39,44-45H,2-3,6-7,16-20H2,(H,38,41)(H,42,43)/t26?,27?,31-,32+/m1/s1. The van der Waals surface area contributed by atoms with Gasteiger partial charge in [-0.2, -0.15) is 0 Å². The number of carboxylic acid groups (broad SMARTS) is 1. The third-order valence-corrected chi connectivity index (χ3v) is 11.4. The fourth-order valence-electron chi connectivity index (χ4n) is 6.80. The van der Waals surface area contributed by atoms with Crippen molar-refractivity contribution in [1.29, 1.82) is 0 Å². The molecule has 1 aliphatic carbocycles. The Kier molecular flexibility index (Phi) is 9.62. The molecule has 0 aromatic heterocycles. The lowest BCUT2D eigenvalue weighted by molar-refractivity contribution is -0.118. The predicted molar refractivity (Wildman–Crippen MR) is 174 cm³/mol. The van der Waals surface area contributed by atoms with Gasteiger partial charge in [0.2, 0.25) is 5.91 Å². The lowest BCUT2D eigenvalue weighted by Crippen LogP contribution is -2.55. The quantitative estimate of drug-likeness (QED) is 0.152. The van der Waals surface area contributed by atoms with Crippen LogP contribution in [-0.4, -0.2) is 67.5 Å². The van der Waals surface area contributed by atoms with E-state index in [0.29, 0.717) is 48.7 Å². The average Bonchev–Trinajstić information content (AvgIpc) is 3.88. The topological polar surface area (TPSA) is 134 Å². The summed E-state index contributed by atoms with van der Waals surface area (Å²) < 4.78 is 52.7. The van der Waals surface area contributed by atoms with E-state index in [4.69, 9.17) is 0 Å². The van der Waals surface area contributed by atoms with E-state index in [1.165, 1.54) is 42.0 Å². The summed E-state index contributed by atoms with van der Waals surface area (Å²) in [6, 6.07) is 16.2. The van der Waals surface area contributed by atoms with Crippen molar-refractivity contribution in [3.63, 3.8) is 0 Å². The molecule has 1 saturated carbocycles. The number of carbonyl (C=O) groups is 2. The molecule has 6 N–H and O–H groups in total. The highest BCUT2D eigenvalue weighted by molar-refractivity contribution is 8.22. The van der Waals surface area contributed by atoms with Crippen LogP contribution < -0.4 is 16.0 Å². The van der Waals surface area contributed by atoms with E-state index in [-0.39, 0.29) is 29.8 Å². The zero-order valence-electron chi connectivity index (χ0n) is 25.4. The van der Waals surface area contributed by atoms with E-state index in [1.54, 1.807) is 10.4 Å². The van der Waals surface area contributed by atoms with Crippen molar-refractivity contribution in [3.05, 3.63) is 101 Å². The van der Waals surface area contributed by atoms with Crippen molar-refractivity contribution in [2.75, 3.05) is 24.2 Å². The first-order valence-electron chi connectivity index (χ1n) is 15.8. The molecule has 2 aliphatic heterocycles. The Balaban J connectivity index is 1.27. The van der Waals surface area contributed by atoms with Crippen LogP contribution in [0.2, 0.25) is 0 Å². The molecule has 0 radical (unpaired) electrons. The number of hydrogen-bond acceptors (Lipinski definition) is 6. The van der Waals surface area contributed by atoms with Gasteiger partial charge >= 0.3 is 6.09 Å². The Morgan fingerprint density at radius 1 is 0.978 bits per heavy atom. The molecule has 246 valence electrons. The minimum Gasteiger partial charge on any atom is -0.465 e. The fraction of sp³-hybridized carbons (Fsp3) is 0.412. The average molecular weight is 655 g/mol. The number of carbonyl (C=O) groups excluding carboxylic acids is 1. The van der Waals surface area contributed by atoms with Crippen molar-refractivity contribution in [2.24, 2.45) is 0 Å². The lowest BCUT2D eigenvalue weighted by atomic mass is 9.84. The van der Waals surface area contributed by atoms with E-state index in [2.05, 4.69) is 16.0 Å². The summed E-state index contributed by atoms with van der Waals surface area (Å²) in [6.45, 7) is 1.03. The number of fused-ring (bicyclic) bond motifs is 2. The molecule has 2 bridgehead atoms. The van der Waals surface area contributed by atoms with Crippen LogP contribution in [0, 0.1) is 11.6 Å². The van der Waals surface area contributed by atoms with Gasteiger partial charge in [-0.05, 0) is 85.4 Å². The van der Waals surface area contributed by atoms with E-state index in [9.17, 15) is 28.2 Å². The van der Waals surface area contributed by atoms with E-state index in [0.717, 1.165) is 19.3 Å². The van der Waals surface area contributed by atoms with Crippen LogP contribution in [0.3, 0.4) is 0 Å². The molecule has 2 heterocycles. The largest absolute Gasteiger partial charge is 0.465 e. The highest BCUT2D eigenvalue weighted by Gasteiger charge is 2.38. The molecule has 3 aromatic carbocycles. The molecule has 2 amide bonds. The van der Waals surface area contributed by atoms with Crippen LogP contribution in [0.1, 0.15) is 66.2 Å². The van der Waals surface area contributed by atoms with Crippen LogP contribution in [0.5, 0.6) is 0 Å². The highest BCUT2D eigenvalue weighted by atomic mass is 32.3. The SMILES string of the molecule is O=C(O)N[C@H](C(=O)Nc1cccc(F)c1CCC1CNC2CCCS(O)(O)N1C2)[C@@H](c1ccc(F)cc1)c1ccc(C2CC2)cc1. The summed E-state index contributed by atoms with van der Waals surface area (Å²) in [7, 11) is -2.93. The van der Waals surface area contributed by atoms with Crippen molar-refractivity contribution >= 4 is 28.5 Å². The van der Waals surface area contributed by atoms with Gasteiger partial charge in [0.25, 0.3) is 0 Å². The maximum Gasteiger partial charge on any atom is 0.405 e. The number of nitrogens with one attached hydrogen (secondary N) is 3. The van der Waals surface area contributed by atoms with Crippen LogP contribution in [0.25, 0.3) is 0 Å². The van der Waals surface area contributed by atoms with Crippen molar-refractivity contribution in [1.82, 2.24) is 14.9 Å². The zero-order chi connectivity index (χ0) is 32.4. The van der Waals surface area contributed by atoms with E-state index in [1.807, 2.05) is 24.3 Å². The summed E-state index contributed by atoms with van der Waals surface area (Å²) >= 11 is 0. The second-order valence-corrected chi connectivity index (χ2v) is 14.7. The molecule has 46 heavy (non-hydrogen) atoms. The smallest absolute Gasteiger partial charge is 0.405 e. The number of benzene rings is 3. The van der Waals surface area contributed by atoms with Gasteiger partial charge in [-0.3, -0.25) is 13.9 Å². The van der Waals surface area contributed by atoms with Crippen LogP contribution in [-0.2, 0) is 11.2 Å². The van der Waals surface area contributed by atoms with Crippen LogP contribution in [0.15, 0.2) is 66.7 Å². The molecule has 12 heteroatoms. The number of anilines is 1. The number of hydrogen-bond donors (Lipinski definition) is 6. The Bertz CT molecular complexity index is 1550. The van der Waals surface area contributed by atoms with Crippen LogP contribution in [0.4, 0.5) is 19.3 Å². The molecule has 3 aliphatic rings. The molecule has 0 spiro atoms. The van der Waals surface area contributed by atoms with Gasteiger partial charge in [-0.25, -0.2) is 17.9 Å². The first-order valence-corrected chi connectivity index (χ1v) is 17.5. The maximum absolute atomic E-state index is 15.4. The zero-order valence-corrected chi connectivity index (χ0v) is 26.2. The number of halogens is 2. The summed E-state index contributed by atoms with van der Waals surface area (Å²) in [5.74, 6) is -1.70. The highest BCUT2D eigenvalue weighted by Crippen LogP contribution is 2.49. The summed E-state index contributed by atoms with van der Waals surface area (Å²) in [5.41, 5.74) is 2.82. The first-order chi connectivity index (χ1) is 22.1. The number of rotatable bonds is 10. The Hall–Kier alpha value is -3.55. The van der Waals surface area contributed by atoms with Gasteiger partial charge in [0.05, 0.1) is 5.75 Å². The van der Waals surface area contributed by atoms with E-state index >= 15 is 4.39 Å². The summed E-state index contributed by atoms with van der Waals surface area (Å²) in [5, 5.41) is 18.4. The molecule has 3 aromatic rings. The molecule has 3 fully saturated rings. The predicted octanol–water partition coefficient (Wildman–Crippen LogP) is 6.28. The minimum absolute atomic E-state index is 0.172. The molecular weight excluding hydrogens is 614 g/mol. The maximum atomic E-state index is 15.4. The van der Waals surface area contributed by atoms with E-state index < -0.39 is 46.4 Å². The number of amides is 2. The fourth-order valence-corrected chi connectivity index (χ4v) is 8.66. The Morgan fingerprint density at radius 3 is 2.35 bits per heavy atom. The van der Waals surface area contributed by atoms with Gasteiger partial charge < -0.3 is 21.1 Å². The van der Waals surface area contributed by atoms with Gasteiger partial charge in [-0.1, -0.05) is 42.5 Å². The number of nitrogens with zero attached hydrogens (tertiary/aromatic N) is 1. The van der Waals surface area contributed by atoms with Crippen molar-refractivity contribution < 1.29 is 32.6 Å². The molecule has 9 nitrogen and oxygen atoms in total. The molecule has 5 atom stereocenters. The Morgan fingerprint density at radius 2 is 1.67 bits per heavy atom. The summed E-state index contributed by atoms with van der Waals surface area (Å²) in [4.78, 5) is 26.1. The number of piperazine rings is 1. The first kappa shape index (κ1) is 32.4. The van der Waals surface area contributed by atoms with Gasteiger partial charge in [-0.15, -0.1) is 10.8 Å². The normalized spacial score (nSPS) is 24.2. The van der Waals surface area contributed by atoms with Gasteiger partial charge in [0, 0.05) is 42.3 Å². The molecule has 2 saturated heterocycles. The van der Waals surface area contributed by atoms with Gasteiger partial charge in [0.15, 0.2) is 0 Å². The monoisotopic (exact) mass is 654 g/mol. The lowest BCUT2D eigenvalue weighted by Gasteiger charge is -2.49. The third-order valence-electron chi connectivity index (χ3n) is 9.37. The third kappa shape index (κ3) is 7.37. The van der Waals surface area contributed by atoms with Crippen LogP contribution >= 0.6 is 10.8 Å². The van der Waals surface area contributed by atoms with Crippen molar-refractivity contribution in [2.45, 2.75) is 68.5 Å². The molecule has 3 unspecified atom stereocenters. The molecule has 6 rings (SSSR count).